The molecule has 0 saturated heterocycles. The third kappa shape index (κ3) is 3.85. The molecule has 2 unspecified atom stereocenters. The highest BCUT2D eigenvalue weighted by Crippen LogP contribution is 2.37. The van der Waals surface area contributed by atoms with Crippen LogP contribution in [0.2, 0.25) is 0 Å². The van der Waals surface area contributed by atoms with Crippen LogP contribution in [0.4, 0.5) is 11.4 Å². The average molecular weight is 318 g/mol. The third-order valence-corrected chi connectivity index (χ3v) is 4.48. The number of benzene rings is 1. The number of hydrogen-bond donors (Lipinski definition) is 2. The van der Waals surface area contributed by atoms with Gasteiger partial charge in [-0.2, -0.15) is 0 Å². The van der Waals surface area contributed by atoms with Gasteiger partial charge in [0.1, 0.15) is 12.2 Å². The second-order valence-electron chi connectivity index (χ2n) is 6.87. The van der Waals surface area contributed by atoms with Crippen molar-refractivity contribution in [2.45, 2.75) is 45.8 Å². The van der Waals surface area contributed by atoms with Gasteiger partial charge in [-0.25, -0.2) is 4.79 Å². The number of carbonyl (C=O) groups excluding carboxylic acids is 1. The van der Waals surface area contributed by atoms with Gasteiger partial charge < -0.3 is 20.9 Å². The number of nitrogen functional groups attached to an aromatic ring is 2. The van der Waals surface area contributed by atoms with Crippen molar-refractivity contribution >= 4 is 17.3 Å². The van der Waals surface area contributed by atoms with Crippen molar-refractivity contribution in [3.8, 4) is 0 Å². The van der Waals surface area contributed by atoms with Gasteiger partial charge in [0.25, 0.3) is 0 Å². The van der Waals surface area contributed by atoms with Crippen molar-refractivity contribution in [2.75, 3.05) is 18.6 Å². The van der Waals surface area contributed by atoms with Gasteiger partial charge in [0.15, 0.2) is 0 Å². The lowest BCUT2D eigenvalue weighted by Gasteiger charge is -2.35. The van der Waals surface area contributed by atoms with E-state index in [0.29, 0.717) is 16.9 Å². The summed E-state index contributed by atoms with van der Waals surface area (Å²) in [4.78, 5) is 12.6. The summed E-state index contributed by atoms with van der Waals surface area (Å²) in [6.07, 6.45) is 3.27. The predicted molar refractivity (Wildman–Crippen MR) is 92.0 cm³/mol. The number of anilines is 2. The Balaban J connectivity index is 2.28. The minimum Gasteiger partial charge on any atom is -0.455 e. The Bertz CT molecular complexity index is 623. The zero-order chi connectivity index (χ0) is 17.2. The van der Waals surface area contributed by atoms with E-state index in [-0.39, 0.29) is 17.6 Å². The first-order valence-corrected chi connectivity index (χ1v) is 7.80. The monoisotopic (exact) mass is 318 g/mol. The van der Waals surface area contributed by atoms with Crippen LogP contribution in [0.5, 0.6) is 0 Å². The fourth-order valence-electron chi connectivity index (χ4n) is 2.92. The lowest BCUT2D eigenvalue weighted by Crippen LogP contribution is -2.42. The molecule has 0 amide bonds. The summed E-state index contributed by atoms with van der Waals surface area (Å²) in [6, 6.07) is 4.80. The zero-order valence-corrected chi connectivity index (χ0v) is 14.3. The van der Waals surface area contributed by atoms with Gasteiger partial charge in [-0.15, -0.1) is 0 Å². The maximum atomic E-state index is 12.6. The first-order chi connectivity index (χ1) is 10.7. The van der Waals surface area contributed by atoms with Crippen molar-refractivity contribution in [3.05, 3.63) is 35.4 Å². The fraction of sp³-hybridized carbons (Fsp3) is 0.500. The summed E-state index contributed by atoms with van der Waals surface area (Å²) >= 11 is 0. The molecule has 4 N–H and O–H groups in total. The molecule has 0 aromatic heterocycles. The minimum absolute atomic E-state index is 0.201. The summed E-state index contributed by atoms with van der Waals surface area (Å²) in [5.41, 5.74) is 13.8. The largest absolute Gasteiger partial charge is 0.455 e. The van der Waals surface area contributed by atoms with Gasteiger partial charge in [-0.05, 0) is 38.0 Å². The van der Waals surface area contributed by atoms with E-state index in [1.54, 1.807) is 25.3 Å². The van der Waals surface area contributed by atoms with Crippen LogP contribution in [-0.2, 0) is 9.47 Å². The van der Waals surface area contributed by atoms with E-state index in [1.807, 2.05) is 6.08 Å². The molecular formula is C18H26N2O3. The molecule has 2 rings (SSSR count). The van der Waals surface area contributed by atoms with Crippen LogP contribution < -0.4 is 11.5 Å². The molecule has 5 nitrogen and oxygen atoms in total. The molecular weight excluding hydrogens is 292 g/mol. The Morgan fingerprint density at radius 2 is 2.00 bits per heavy atom. The number of rotatable bonds is 3. The Morgan fingerprint density at radius 1 is 1.30 bits per heavy atom. The second kappa shape index (κ2) is 6.62. The first kappa shape index (κ1) is 17.3. The van der Waals surface area contributed by atoms with E-state index in [1.165, 1.54) is 5.57 Å². The zero-order valence-electron chi connectivity index (χ0n) is 14.3. The number of allylic oxidation sites excluding steroid dienone is 1. The number of esters is 1. The summed E-state index contributed by atoms with van der Waals surface area (Å²) in [7, 11) is 1.63. The molecule has 1 aromatic carbocycles. The number of ether oxygens (including phenoxy) is 2. The molecule has 23 heavy (non-hydrogen) atoms. The summed E-state index contributed by atoms with van der Waals surface area (Å²) in [6.45, 7) is 6.26. The summed E-state index contributed by atoms with van der Waals surface area (Å²) < 4.78 is 11.4. The minimum atomic E-state index is -0.449. The van der Waals surface area contributed by atoms with Crippen LogP contribution in [0.1, 0.15) is 44.0 Å². The SMILES string of the molecule is COC1C=C(C)CCC(C)(C)C1OC(=O)c1ccc(N)cc1N. The highest BCUT2D eigenvalue weighted by Gasteiger charge is 2.40. The number of methoxy groups -OCH3 is 1. The second-order valence-corrected chi connectivity index (χ2v) is 6.87. The maximum absolute atomic E-state index is 12.6. The van der Waals surface area contributed by atoms with Gasteiger partial charge in [0, 0.05) is 23.9 Å². The fourth-order valence-corrected chi connectivity index (χ4v) is 2.92. The Kier molecular flexibility index (Phi) is 5.00. The number of nitrogens with two attached hydrogens (primary N) is 2. The molecule has 1 aliphatic carbocycles. The lowest BCUT2D eigenvalue weighted by molar-refractivity contribution is -0.0663. The van der Waals surface area contributed by atoms with Crippen molar-refractivity contribution in [3.63, 3.8) is 0 Å². The van der Waals surface area contributed by atoms with Gasteiger partial charge in [-0.1, -0.05) is 25.5 Å². The van der Waals surface area contributed by atoms with E-state index in [9.17, 15) is 4.79 Å². The van der Waals surface area contributed by atoms with Crippen LogP contribution in [0, 0.1) is 5.41 Å². The molecule has 1 aliphatic rings. The van der Waals surface area contributed by atoms with Crippen LogP contribution >= 0.6 is 0 Å². The Hall–Kier alpha value is -2.01. The topological polar surface area (TPSA) is 87.6 Å². The predicted octanol–water partition coefficient (Wildman–Crippen LogP) is 3.16. The summed E-state index contributed by atoms with van der Waals surface area (Å²) in [5.74, 6) is -0.449. The Labute approximate surface area is 137 Å². The van der Waals surface area contributed by atoms with E-state index in [0.717, 1.165) is 12.8 Å². The van der Waals surface area contributed by atoms with Gasteiger partial charge in [0.05, 0.1) is 5.56 Å². The van der Waals surface area contributed by atoms with Crippen molar-refractivity contribution in [1.29, 1.82) is 0 Å². The summed E-state index contributed by atoms with van der Waals surface area (Å²) in [5, 5.41) is 0. The Morgan fingerprint density at radius 3 is 2.61 bits per heavy atom. The lowest BCUT2D eigenvalue weighted by atomic mass is 9.80. The molecule has 0 fully saturated rings. The van der Waals surface area contributed by atoms with Crippen molar-refractivity contribution in [2.24, 2.45) is 5.41 Å². The van der Waals surface area contributed by atoms with E-state index >= 15 is 0 Å². The van der Waals surface area contributed by atoms with E-state index < -0.39 is 5.97 Å². The molecule has 0 radical (unpaired) electrons. The molecule has 1 aromatic rings. The van der Waals surface area contributed by atoms with E-state index in [2.05, 4.69) is 20.8 Å². The first-order valence-electron chi connectivity index (χ1n) is 7.80. The van der Waals surface area contributed by atoms with Crippen molar-refractivity contribution in [1.82, 2.24) is 0 Å². The molecule has 5 heteroatoms. The maximum Gasteiger partial charge on any atom is 0.340 e. The van der Waals surface area contributed by atoms with Crippen molar-refractivity contribution < 1.29 is 14.3 Å². The normalized spacial score (nSPS) is 23.7. The molecule has 0 aliphatic heterocycles. The molecule has 0 heterocycles. The molecule has 0 spiro atoms. The number of hydrogen-bond acceptors (Lipinski definition) is 5. The highest BCUT2D eigenvalue weighted by molar-refractivity contribution is 5.95. The van der Waals surface area contributed by atoms with Gasteiger partial charge in [-0.3, -0.25) is 0 Å². The van der Waals surface area contributed by atoms with Gasteiger partial charge >= 0.3 is 5.97 Å². The smallest absolute Gasteiger partial charge is 0.340 e. The highest BCUT2D eigenvalue weighted by atomic mass is 16.6. The van der Waals surface area contributed by atoms with Crippen LogP contribution in [0.3, 0.4) is 0 Å². The van der Waals surface area contributed by atoms with Crippen LogP contribution in [0.25, 0.3) is 0 Å². The molecule has 0 saturated carbocycles. The van der Waals surface area contributed by atoms with E-state index in [4.69, 9.17) is 20.9 Å². The quantitative estimate of drug-likeness (QED) is 0.508. The van der Waals surface area contributed by atoms with Crippen LogP contribution in [0.15, 0.2) is 29.8 Å². The third-order valence-electron chi connectivity index (χ3n) is 4.48. The van der Waals surface area contributed by atoms with Crippen LogP contribution in [-0.4, -0.2) is 25.3 Å². The molecule has 126 valence electrons. The molecule has 0 bridgehead atoms. The number of carbonyl (C=O) groups is 1. The standard InChI is InChI=1S/C18H26N2O3/c1-11-7-8-18(2,3)16(15(9-11)22-4)23-17(21)13-6-5-12(19)10-14(13)20/h5-6,9-10,15-16H,7-8,19-20H2,1-4H3. The molecule has 2 atom stereocenters. The average Bonchev–Trinajstić information content (AvgIpc) is 2.58. The van der Waals surface area contributed by atoms with Gasteiger partial charge in [0.2, 0.25) is 0 Å².